The molecule has 2 heterocycles. The molecular formula is C9H15N3O2. The molecule has 1 aliphatic heterocycles. The van der Waals surface area contributed by atoms with Crippen LogP contribution in [0.1, 0.15) is 24.6 Å². The number of aliphatic hydroxyl groups excluding tert-OH is 1. The van der Waals surface area contributed by atoms with Crippen LogP contribution in [0.5, 0.6) is 0 Å². The van der Waals surface area contributed by atoms with Gasteiger partial charge in [-0.3, -0.25) is 0 Å². The third-order valence-corrected chi connectivity index (χ3v) is 2.46. The molecule has 1 aromatic heterocycles. The number of hydrogen-bond donors (Lipinski definition) is 2. The Morgan fingerprint density at radius 1 is 1.57 bits per heavy atom. The molecule has 3 N–H and O–H groups in total. The first-order valence-electron chi connectivity index (χ1n) is 4.88. The largest absolute Gasteiger partial charge is 0.432 e. The molecule has 1 saturated heterocycles. The van der Waals surface area contributed by atoms with E-state index in [9.17, 15) is 0 Å². The standard InChI is InChI=1S/C9H15N3O2/c10-7(5-13)8-6-14-9(11-8)12-3-1-2-4-12/h6-7,13H,1-5,10H2. The third kappa shape index (κ3) is 1.73. The molecule has 1 aliphatic rings. The van der Waals surface area contributed by atoms with Gasteiger partial charge >= 0.3 is 0 Å². The lowest BCUT2D eigenvalue weighted by Crippen LogP contribution is -2.19. The number of nitrogens with two attached hydrogens (primary N) is 1. The summed E-state index contributed by atoms with van der Waals surface area (Å²) in [5.74, 6) is 0. The van der Waals surface area contributed by atoms with E-state index in [1.54, 1.807) is 0 Å². The fourth-order valence-corrected chi connectivity index (χ4v) is 1.59. The van der Waals surface area contributed by atoms with Gasteiger partial charge in [0.25, 0.3) is 6.01 Å². The second-order valence-corrected chi connectivity index (χ2v) is 3.54. The van der Waals surface area contributed by atoms with E-state index in [-0.39, 0.29) is 6.61 Å². The zero-order valence-corrected chi connectivity index (χ0v) is 8.02. The molecule has 0 saturated carbocycles. The highest BCUT2D eigenvalue weighted by molar-refractivity contribution is 5.28. The van der Waals surface area contributed by atoms with Gasteiger partial charge in [0.1, 0.15) is 12.0 Å². The average molecular weight is 197 g/mol. The van der Waals surface area contributed by atoms with Crippen LogP contribution in [0.25, 0.3) is 0 Å². The van der Waals surface area contributed by atoms with Crippen LogP contribution in [0, 0.1) is 0 Å². The van der Waals surface area contributed by atoms with Gasteiger partial charge in [-0.05, 0) is 12.8 Å². The Morgan fingerprint density at radius 2 is 2.29 bits per heavy atom. The van der Waals surface area contributed by atoms with Gasteiger partial charge in [0.15, 0.2) is 0 Å². The van der Waals surface area contributed by atoms with Crippen molar-refractivity contribution in [2.45, 2.75) is 18.9 Å². The van der Waals surface area contributed by atoms with E-state index in [0.29, 0.717) is 11.7 Å². The molecule has 1 atom stereocenters. The van der Waals surface area contributed by atoms with Gasteiger partial charge in [-0.25, -0.2) is 0 Å². The number of aromatic nitrogens is 1. The van der Waals surface area contributed by atoms with Crippen molar-refractivity contribution in [3.05, 3.63) is 12.0 Å². The average Bonchev–Trinajstić information content (AvgIpc) is 2.86. The van der Waals surface area contributed by atoms with Gasteiger partial charge in [-0.15, -0.1) is 0 Å². The molecule has 78 valence electrons. The molecule has 0 aromatic carbocycles. The Labute approximate surface area is 82.5 Å². The number of anilines is 1. The van der Waals surface area contributed by atoms with Crippen LogP contribution in [-0.2, 0) is 0 Å². The second kappa shape index (κ2) is 3.98. The van der Waals surface area contributed by atoms with E-state index >= 15 is 0 Å². The van der Waals surface area contributed by atoms with Crippen molar-refractivity contribution < 1.29 is 9.52 Å². The Balaban J connectivity index is 2.08. The van der Waals surface area contributed by atoms with Gasteiger partial charge in [0, 0.05) is 13.1 Å². The molecule has 0 aliphatic carbocycles. The molecule has 0 bridgehead atoms. The first kappa shape index (κ1) is 9.48. The summed E-state index contributed by atoms with van der Waals surface area (Å²) in [6.07, 6.45) is 3.89. The maximum atomic E-state index is 8.84. The van der Waals surface area contributed by atoms with Crippen molar-refractivity contribution in [2.75, 3.05) is 24.6 Å². The highest BCUT2D eigenvalue weighted by Gasteiger charge is 2.18. The molecule has 14 heavy (non-hydrogen) atoms. The summed E-state index contributed by atoms with van der Waals surface area (Å²) in [4.78, 5) is 6.33. The quantitative estimate of drug-likeness (QED) is 0.727. The summed E-state index contributed by atoms with van der Waals surface area (Å²) >= 11 is 0. The monoisotopic (exact) mass is 197 g/mol. The molecule has 0 spiro atoms. The third-order valence-electron chi connectivity index (χ3n) is 2.46. The van der Waals surface area contributed by atoms with Crippen LogP contribution in [-0.4, -0.2) is 29.8 Å². The summed E-state index contributed by atoms with van der Waals surface area (Å²) in [5, 5.41) is 8.84. The topological polar surface area (TPSA) is 75.5 Å². The predicted molar refractivity (Wildman–Crippen MR) is 52.0 cm³/mol. The zero-order valence-electron chi connectivity index (χ0n) is 8.02. The van der Waals surface area contributed by atoms with E-state index in [0.717, 1.165) is 13.1 Å². The highest BCUT2D eigenvalue weighted by atomic mass is 16.4. The normalized spacial score (nSPS) is 18.9. The van der Waals surface area contributed by atoms with Crippen molar-refractivity contribution in [1.29, 1.82) is 0 Å². The fourth-order valence-electron chi connectivity index (χ4n) is 1.59. The van der Waals surface area contributed by atoms with Crippen LogP contribution < -0.4 is 10.6 Å². The van der Waals surface area contributed by atoms with Crippen molar-refractivity contribution >= 4 is 6.01 Å². The number of rotatable bonds is 3. The molecule has 1 aromatic rings. The van der Waals surface area contributed by atoms with Gasteiger partial charge < -0.3 is 20.2 Å². The predicted octanol–water partition coefficient (Wildman–Crippen LogP) is 0.267. The minimum absolute atomic E-state index is 0.105. The Morgan fingerprint density at radius 3 is 2.93 bits per heavy atom. The Hall–Kier alpha value is -1.07. The lowest BCUT2D eigenvalue weighted by Gasteiger charge is -2.10. The summed E-state index contributed by atoms with van der Waals surface area (Å²) in [6, 6.07) is 0.191. The summed E-state index contributed by atoms with van der Waals surface area (Å²) in [6.45, 7) is 1.88. The van der Waals surface area contributed by atoms with E-state index in [1.165, 1.54) is 19.1 Å². The van der Waals surface area contributed by atoms with Crippen LogP contribution >= 0.6 is 0 Å². The van der Waals surface area contributed by atoms with Crippen LogP contribution in [0.2, 0.25) is 0 Å². The number of hydrogen-bond acceptors (Lipinski definition) is 5. The van der Waals surface area contributed by atoms with Crippen LogP contribution in [0.3, 0.4) is 0 Å². The van der Waals surface area contributed by atoms with Crippen molar-refractivity contribution in [1.82, 2.24) is 4.98 Å². The van der Waals surface area contributed by atoms with Crippen molar-refractivity contribution in [3.8, 4) is 0 Å². The smallest absolute Gasteiger partial charge is 0.297 e. The molecule has 2 rings (SSSR count). The lowest BCUT2D eigenvalue weighted by molar-refractivity contribution is 0.265. The first-order valence-corrected chi connectivity index (χ1v) is 4.88. The van der Waals surface area contributed by atoms with E-state index in [4.69, 9.17) is 15.3 Å². The molecule has 0 amide bonds. The fraction of sp³-hybridized carbons (Fsp3) is 0.667. The van der Waals surface area contributed by atoms with Gasteiger partial charge in [0.05, 0.1) is 12.6 Å². The molecule has 1 fully saturated rings. The van der Waals surface area contributed by atoms with E-state index < -0.39 is 6.04 Å². The molecular weight excluding hydrogens is 182 g/mol. The van der Waals surface area contributed by atoms with Crippen LogP contribution in [0.4, 0.5) is 6.01 Å². The minimum atomic E-state index is -0.435. The molecule has 5 heteroatoms. The molecule has 1 unspecified atom stereocenters. The van der Waals surface area contributed by atoms with Gasteiger partial charge in [-0.1, -0.05) is 0 Å². The SMILES string of the molecule is NC(CO)c1coc(N2CCCC2)n1. The minimum Gasteiger partial charge on any atom is -0.432 e. The van der Waals surface area contributed by atoms with Crippen molar-refractivity contribution in [2.24, 2.45) is 5.73 Å². The van der Waals surface area contributed by atoms with E-state index in [1.807, 2.05) is 0 Å². The number of nitrogens with zero attached hydrogens (tertiary/aromatic N) is 2. The highest BCUT2D eigenvalue weighted by Crippen LogP contribution is 2.20. The van der Waals surface area contributed by atoms with E-state index in [2.05, 4.69) is 9.88 Å². The zero-order chi connectivity index (χ0) is 9.97. The Bertz CT molecular complexity index is 294. The number of oxazole rings is 1. The van der Waals surface area contributed by atoms with Gasteiger partial charge in [-0.2, -0.15) is 4.98 Å². The maximum Gasteiger partial charge on any atom is 0.297 e. The van der Waals surface area contributed by atoms with Crippen LogP contribution in [0.15, 0.2) is 10.7 Å². The van der Waals surface area contributed by atoms with Gasteiger partial charge in [0.2, 0.25) is 0 Å². The number of aliphatic hydroxyl groups is 1. The first-order chi connectivity index (χ1) is 6.81. The maximum absolute atomic E-state index is 8.84. The summed E-state index contributed by atoms with van der Waals surface area (Å²) in [7, 11) is 0. The molecule has 0 radical (unpaired) electrons. The molecule has 5 nitrogen and oxygen atoms in total. The summed E-state index contributed by atoms with van der Waals surface area (Å²) in [5.41, 5.74) is 6.24. The Kier molecular flexibility index (Phi) is 2.69. The summed E-state index contributed by atoms with van der Waals surface area (Å²) < 4.78 is 5.30. The lowest BCUT2D eigenvalue weighted by atomic mass is 10.3. The van der Waals surface area contributed by atoms with Crippen molar-refractivity contribution in [3.63, 3.8) is 0 Å². The second-order valence-electron chi connectivity index (χ2n) is 3.54.